The Kier molecular flexibility index (Phi) is 2.81. The topological polar surface area (TPSA) is 58.6 Å². The summed E-state index contributed by atoms with van der Waals surface area (Å²) in [5, 5.41) is 2.68. The standard InChI is InChI=1S/C13H20N2O3/c1-7-5-8(7)13(17)15-6-9(12(16)14-2)11-10(15)3-4-18-11/h7-11H,3-6H2,1-2H3,(H,14,16)/t7-,8-,9-,10+,11+/m0/s1. The van der Waals surface area contributed by atoms with Crippen molar-refractivity contribution in [2.24, 2.45) is 17.8 Å². The molecular formula is C13H20N2O3. The second-order valence-corrected chi connectivity index (χ2v) is 5.72. The van der Waals surface area contributed by atoms with Gasteiger partial charge in [-0.15, -0.1) is 0 Å². The van der Waals surface area contributed by atoms with Crippen molar-refractivity contribution in [2.75, 3.05) is 20.2 Å². The van der Waals surface area contributed by atoms with E-state index in [1.807, 2.05) is 4.90 Å². The van der Waals surface area contributed by atoms with E-state index in [1.54, 1.807) is 7.05 Å². The van der Waals surface area contributed by atoms with E-state index in [0.717, 1.165) is 12.8 Å². The fourth-order valence-corrected chi connectivity index (χ4v) is 3.32. The van der Waals surface area contributed by atoms with Gasteiger partial charge in [-0.25, -0.2) is 0 Å². The molecule has 2 heterocycles. The third-order valence-electron chi connectivity index (χ3n) is 4.59. The number of rotatable bonds is 2. The van der Waals surface area contributed by atoms with Gasteiger partial charge >= 0.3 is 0 Å². The van der Waals surface area contributed by atoms with E-state index in [2.05, 4.69) is 12.2 Å². The fourth-order valence-electron chi connectivity index (χ4n) is 3.32. The predicted octanol–water partition coefficient (Wildman–Crippen LogP) is 0.00430. The Labute approximate surface area is 107 Å². The van der Waals surface area contributed by atoms with Gasteiger partial charge < -0.3 is 15.0 Å². The SMILES string of the molecule is CNC(=O)[C@H]1CN(C(=O)[C@H]2C[C@@H]2C)[C@@H]2CCO[C@H]12. The summed E-state index contributed by atoms with van der Waals surface area (Å²) in [5.41, 5.74) is 0. The van der Waals surface area contributed by atoms with Gasteiger partial charge in [0.2, 0.25) is 11.8 Å². The van der Waals surface area contributed by atoms with Crippen LogP contribution in [0, 0.1) is 17.8 Å². The van der Waals surface area contributed by atoms with Gasteiger partial charge in [0.25, 0.3) is 0 Å². The van der Waals surface area contributed by atoms with E-state index < -0.39 is 0 Å². The molecule has 0 spiro atoms. The molecule has 0 radical (unpaired) electrons. The summed E-state index contributed by atoms with van der Waals surface area (Å²) in [4.78, 5) is 26.1. The van der Waals surface area contributed by atoms with Gasteiger partial charge in [-0.2, -0.15) is 0 Å². The number of fused-ring (bicyclic) bond motifs is 1. The predicted molar refractivity (Wildman–Crippen MR) is 64.7 cm³/mol. The molecule has 3 rings (SSSR count). The number of hydrogen-bond acceptors (Lipinski definition) is 3. The summed E-state index contributed by atoms with van der Waals surface area (Å²) in [6, 6.07) is 0.118. The van der Waals surface area contributed by atoms with Crippen LogP contribution in [0.4, 0.5) is 0 Å². The Balaban J connectivity index is 1.76. The molecule has 1 aliphatic carbocycles. The van der Waals surface area contributed by atoms with Crippen LogP contribution in [0.25, 0.3) is 0 Å². The number of amides is 2. The minimum absolute atomic E-state index is 0.00829. The van der Waals surface area contributed by atoms with Crippen molar-refractivity contribution < 1.29 is 14.3 Å². The van der Waals surface area contributed by atoms with Gasteiger partial charge in [0.05, 0.1) is 18.1 Å². The number of nitrogens with one attached hydrogen (secondary N) is 1. The molecule has 5 heteroatoms. The second kappa shape index (κ2) is 4.23. The van der Waals surface area contributed by atoms with Gasteiger partial charge in [-0.1, -0.05) is 6.92 Å². The average molecular weight is 252 g/mol. The molecule has 2 saturated heterocycles. The highest BCUT2D eigenvalue weighted by Gasteiger charge is 2.53. The van der Waals surface area contributed by atoms with Crippen LogP contribution in [-0.2, 0) is 14.3 Å². The van der Waals surface area contributed by atoms with Crippen LogP contribution in [-0.4, -0.2) is 49.1 Å². The van der Waals surface area contributed by atoms with Crippen molar-refractivity contribution in [1.82, 2.24) is 10.2 Å². The lowest BCUT2D eigenvalue weighted by molar-refractivity contribution is -0.134. The number of carbonyl (C=O) groups excluding carboxylic acids is 2. The number of likely N-dealkylation sites (tertiary alicyclic amines) is 1. The molecule has 5 nitrogen and oxygen atoms in total. The first-order valence-electron chi connectivity index (χ1n) is 6.77. The van der Waals surface area contributed by atoms with Crippen LogP contribution in [0.3, 0.4) is 0 Å². The molecule has 2 aliphatic heterocycles. The normalized spacial score (nSPS) is 41.7. The van der Waals surface area contributed by atoms with E-state index >= 15 is 0 Å². The van der Waals surface area contributed by atoms with Crippen LogP contribution in [0.1, 0.15) is 19.8 Å². The summed E-state index contributed by atoms with van der Waals surface area (Å²) in [6.07, 6.45) is 1.77. The number of hydrogen-bond donors (Lipinski definition) is 1. The summed E-state index contributed by atoms with van der Waals surface area (Å²) in [6.45, 7) is 3.29. The maximum absolute atomic E-state index is 12.4. The van der Waals surface area contributed by atoms with Gasteiger partial charge in [0, 0.05) is 26.1 Å². The van der Waals surface area contributed by atoms with Gasteiger partial charge in [0.15, 0.2) is 0 Å². The Morgan fingerprint density at radius 1 is 1.33 bits per heavy atom. The minimum Gasteiger partial charge on any atom is -0.375 e. The van der Waals surface area contributed by atoms with Crippen molar-refractivity contribution in [3.8, 4) is 0 Å². The zero-order valence-electron chi connectivity index (χ0n) is 10.9. The van der Waals surface area contributed by atoms with Crippen molar-refractivity contribution in [2.45, 2.75) is 31.9 Å². The fraction of sp³-hybridized carbons (Fsp3) is 0.846. The molecule has 0 bridgehead atoms. The highest BCUT2D eigenvalue weighted by atomic mass is 16.5. The molecule has 2 amide bonds. The van der Waals surface area contributed by atoms with Crippen molar-refractivity contribution in [3.05, 3.63) is 0 Å². The van der Waals surface area contributed by atoms with E-state index in [0.29, 0.717) is 19.1 Å². The maximum atomic E-state index is 12.4. The van der Waals surface area contributed by atoms with Gasteiger partial charge in [-0.3, -0.25) is 9.59 Å². The van der Waals surface area contributed by atoms with Crippen LogP contribution in [0.15, 0.2) is 0 Å². The third-order valence-corrected chi connectivity index (χ3v) is 4.59. The number of ether oxygens (including phenoxy) is 1. The first-order chi connectivity index (χ1) is 8.63. The molecular weight excluding hydrogens is 232 g/mol. The summed E-state index contributed by atoms with van der Waals surface area (Å²) < 4.78 is 5.67. The first kappa shape index (κ1) is 12.0. The number of carbonyl (C=O) groups is 2. The second-order valence-electron chi connectivity index (χ2n) is 5.72. The smallest absolute Gasteiger partial charge is 0.227 e. The van der Waals surface area contributed by atoms with Crippen LogP contribution < -0.4 is 5.32 Å². The Hall–Kier alpha value is -1.10. The molecule has 3 aliphatic rings. The Morgan fingerprint density at radius 2 is 2.06 bits per heavy atom. The van der Waals surface area contributed by atoms with Gasteiger partial charge in [-0.05, 0) is 18.8 Å². The molecule has 18 heavy (non-hydrogen) atoms. The molecule has 0 unspecified atom stereocenters. The zero-order valence-corrected chi connectivity index (χ0v) is 10.9. The lowest BCUT2D eigenvalue weighted by Gasteiger charge is -2.22. The quantitative estimate of drug-likeness (QED) is 0.753. The molecule has 0 aromatic rings. The summed E-state index contributed by atoms with van der Waals surface area (Å²) >= 11 is 0. The largest absolute Gasteiger partial charge is 0.375 e. The first-order valence-corrected chi connectivity index (χ1v) is 6.77. The van der Waals surface area contributed by atoms with Crippen LogP contribution in [0.5, 0.6) is 0 Å². The van der Waals surface area contributed by atoms with E-state index in [1.165, 1.54) is 0 Å². The summed E-state index contributed by atoms with van der Waals surface area (Å²) in [7, 11) is 1.64. The summed E-state index contributed by atoms with van der Waals surface area (Å²) in [5.74, 6) is 0.730. The molecule has 0 aromatic heterocycles. The number of nitrogens with zero attached hydrogens (tertiary/aromatic N) is 1. The molecule has 5 atom stereocenters. The third kappa shape index (κ3) is 1.72. The molecule has 1 saturated carbocycles. The highest BCUT2D eigenvalue weighted by molar-refractivity contribution is 5.85. The highest BCUT2D eigenvalue weighted by Crippen LogP contribution is 2.42. The van der Waals surface area contributed by atoms with Crippen molar-refractivity contribution in [3.63, 3.8) is 0 Å². The molecule has 1 N–H and O–H groups in total. The Bertz CT molecular complexity index is 384. The van der Waals surface area contributed by atoms with Crippen LogP contribution >= 0.6 is 0 Å². The Morgan fingerprint density at radius 3 is 2.67 bits per heavy atom. The van der Waals surface area contributed by atoms with Crippen LogP contribution in [0.2, 0.25) is 0 Å². The lowest BCUT2D eigenvalue weighted by Crippen LogP contribution is -2.38. The maximum Gasteiger partial charge on any atom is 0.227 e. The van der Waals surface area contributed by atoms with E-state index in [9.17, 15) is 9.59 Å². The van der Waals surface area contributed by atoms with E-state index in [4.69, 9.17) is 4.74 Å². The van der Waals surface area contributed by atoms with Crippen molar-refractivity contribution in [1.29, 1.82) is 0 Å². The van der Waals surface area contributed by atoms with E-state index in [-0.39, 0.29) is 35.8 Å². The van der Waals surface area contributed by atoms with Gasteiger partial charge in [0.1, 0.15) is 0 Å². The monoisotopic (exact) mass is 252 g/mol. The molecule has 3 fully saturated rings. The molecule has 100 valence electrons. The zero-order chi connectivity index (χ0) is 12.9. The molecule has 0 aromatic carbocycles. The lowest BCUT2D eigenvalue weighted by atomic mass is 10.0. The average Bonchev–Trinajstić information content (AvgIpc) is 2.80. The van der Waals surface area contributed by atoms with Crippen molar-refractivity contribution >= 4 is 11.8 Å². The minimum atomic E-state index is -0.194.